The van der Waals surface area contributed by atoms with Crippen molar-refractivity contribution in [3.8, 4) is 0 Å². The summed E-state index contributed by atoms with van der Waals surface area (Å²) >= 11 is 0. The number of esters is 1. The number of ether oxygens (including phenoxy) is 7. The lowest BCUT2D eigenvalue weighted by Crippen LogP contribution is -2.42. The van der Waals surface area contributed by atoms with E-state index in [4.69, 9.17) is 33.2 Å². The summed E-state index contributed by atoms with van der Waals surface area (Å²) in [6, 6.07) is 7.12. The maximum absolute atomic E-state index is 13.8. The number of hydrogen-bond donors (Lipinski definition) is 1. The number of carbonyl (C=O) groups is 2. The monoisotopic (exact) mass is 565 g/mol. The van der Waals surface area contributed by atoms with Crippen LogP contribution in [0.2, 0.25) is 0 Å². The van der Waals surface area contributed by atoms with Crippen molar-refractivity contribution in [3.63, 3.8) is 0 Å². The van der Waals surface area contributed by atoms with E-state index >= 15 is 0 Å². The van der Waals surface area contributed by atoms with Crippen LogP contribution in [0.1, 0.15) is 41.6 Å². The van der Waals surface area contributed by atoms with Gasteiger partial charge in [0.05, 0.1) is 65.5 Å². The van der Waals surface area contributed by atoms with Crippen molar-refractivity contribution in [3.05, 3.63) is 47.2 Å². The van der Waals surface area contributed by atoms with Crippen molar-refractivity contribution in [2.24, 2.45) is 5.92 Å². The molecule has 2 heterocycles. The van der Waals surface area contributed by atoms with E-state index in [1.54, 1.807) is 17.0 Å². The molecule has 3 atom stereocenters. The van der Waals surface area contributed by atoms with Crippen LogP contribution in [0.15, 0.2) is 36.1 Å². The summed E-state index contributed by atoms with van der Waals surface area (Å²) in [4.78, 5) is 27.4. The Hall–Kier alpha value is -2.54. The van der Waals surface area contributed by atoms with Crippen molar-refractivity contribution in [1.29, 1.82) is 0 Å². The predicted octanol–water partition coefficient (Wildman–Crippen LogP) is 2.13. The third-order valence-corrected chi connectivity index (χ3v) is 6.75. The van der Waals surface area contributed by atoms with Crippen molar-refractivity contribution >= 4 is 11.9 Å². The van der Waals surface area contributed by atoms with Crippen molar-refractivity contribution in [2.75, 3.05) is 86.3 Å². The Morgan fingerprint density at radius 3 is 2.02 bits per heavy atom. The van der Waals surface area contributed by atoms with Crippen LogP contribution in [0, 0.1) is 5.92 Å². The fourth-order valence-corrected chi connectivity index (χ4v) is 4.68. The van der Waals surface area contributed by atoms with Gasteiger partial charge in [0, 0.05) is 38.1 Å². The van der Waals surface area contributed by atoms with E-state index in [0.29, 0.717) is 91.0 Å². The summed E-state index contributed by atoms with van der Waals surface area (Å²) in [5, 5.41) is 9.54. The highest BCUT2D eigenvalue weighted by Gasteiger charge is 2.38. The van der Waals surface area contributed by atoms with E-state index in [9.17, 15) is 14.7 Å². The van der Waals surface area contributed by atoms with E-state index in [-0.39, 0.29) is 30.1 Å². The lowest BCUT2D eigenvalue weighted by atomic mass is 9.80. The Morgan fingerprint density at radius 1 is 0.925 bits per heavy atom. The first-order valence-electron chi connectivity index (χ1n) is 14.0. The van der Waals surface area contributed by atoms with Crippen LogP contribution in [0.5, 0.6) is 0 Å². The van der Waals surface area contributed by atoms with Crippen LogP contribution in [0.4, 0.5) is 0 Å². The van der Waals surface area contributed by atoms with Gasteiger partial charge in [-0.15, -0.1) is 0 Å². The van der Waals surface area contributed by atoms with Gasteiger partial charge in [-0.2, -0.15) is 0 Å². The average Bonchev–Trinajstić information content (AvgIpc) is 2.99. The molecule has 40 heavy (non-hydrogen) atoms. The molecule has 2 aliphatic rings. The molecule has 0 aliphatic carbocycles. The zero-order chi connectivity index (χ0) is 28.6. The first-order chi connectivity index (χ1) is 19.6. The molecule has 1 aromatic carbocycles. The lowest BCUT2D eigenvalue weighted by Gasteiger charge is -2.38. The number of nitrogens with zero attached hydrogens (tertiary/aromatic N) is 1. The Morgan fingerprint density at radius 2 is 1.50 bits per heavy atom. The minimum Gasteiger partial charge on any atom is -0.465 e. The highest BCUT2D eigenvalue weighted by molar-refractivity contribution is 5.92. The van der Waals surface area contributed by atoms with Gasteiger partial charge in [-0.1, -0.05) is 12.1 Å². The van der Waals surface area contributed by atoms with Gasteiger partial charge in [0.1, 0.15) is 0 Å². The summed E-state index contributed by atoms with van der Waals surface area (Å²) in [6.07, 6.45) is 2.32. The summed E-state index contributed by atoms with van der Waals surface area (Å²) in [5.74, 6) is -0.917. The SMILES string of the molecule is CCO[C@H]1OC(C(=O)N2CCOCCOCCOCCOCC2)=C[C@@H](c2ccc(C(=O)OC)cc2)[C@@H]1CCCO. The number of aliphatic hydroxyl groups is 1. The molecule has 224 valence electrons. The van der Waals surface area contributed by atoms with E-state index in [0.717, 1.165) is 5.56 Å². The number of aliphatic hydroxyl groups excluding tert-OH is 1. The second-order valence-electron chi connectivity index (χ2n) is 9.38. The molecular weight excluding hydrogens is 522 g/mol. The minimum absolute atomic E-state index is 0.0305. The quantitative estimate of drug-likeness (QED) is 0.469. The second kappa shape index (κ2) is 18.0. The Labute approximate surface area is 236 Å². The Kier molecular flexibility index (Phi) is 14.4. The van der Waals surface area contributed by atoms with Crippen LogP contribution in [-0.2, 0) is 38.0 Å². The molecule has 0 spiro atoms. The molecule has 0 saturated carbocycles. The van der Waals surface area contributed by atoms with Crippen LogP contribution >= 0.6 is 0 Å². The number of methoxy groups -OCH3 is 1. The number of carbonyl (C=O) groups excluding carboxylic acids is 2. The third kappa shape index (κ3) is 9.83. The molecule has 1 fully saturated rings. The molecule has 1 amide bonds. The molecule has 1 saturated heterocycles. The van der Waals surface area contributed by atoms with Crippen LogP contribution in [0.25, 0.3) is 0 Å². The standard InChI is InChI=1S/C29H43NO10/c1-3-39-29-24(5-4-12-31)25(22-6-8-23(9-7-22)28(33)34-2)21-26(40-29)27(32)30-10-13-35-15-17-37-19-20-38-18-16-36-14-11-30/h6-9,21,24-25,29,31H,3-5,10-20H2,1-2H3/t24-,25-,29-/m0/s1. The first kappa shape index (κ1) is 32.0. The van der Waals surface area contributed by atoms with Gasteiger partial charge in [-0.05, 0) is 43.5 Å². The van der Waals surface area contributed by atoms with E-state index < -0.39 is 12.3 Å². The number of benzene rings is 1. The molecule has 11 heteroatoms. The summed E-state index contributed by atoms with van der Waals surface area (Å²) in [6.45, 7) is 6.39. The highest BCUT2D eigenvalue weighted by atomic mass is 16.7. The molecule has 1 aromatic rings. The molecule has 2 aliphatic heterocycles. The highest BCUT2D eigenvalue weighted by Crippen LogP contribution is 2.39. The van der Waals surface area contributed by atoms with E-state index in [1.165, 1.54) is 7.11 Å². The molecule has 0 aromatic heterocycles. The van der Waals surface area contributed by atoms with Crippen molar-refractivity contribution in [2.45, 2.75) is 32.0 Å². The fourth-order valence-electron chi connectivity index (χ4n) is 4.68. The van der Waals surface area contributed by atoms with Gasteiger partial charge in [-0.3, -0.25) is 4.79 Å². The van der Waals surface area contributed by atoms with Gasteiger partial charge in [0.15, 0.2) is 5.76 Å². The topological polar surface area (TPSA) is 122 Å². The van der Waals surface area contributed by atoms with Crippen LogP contribution in [0.3, 0.4) is 0 Å². The maximum Gasteiger partial charge on any atom is 0.337 e. The molecule has 3 rings (SSSR count). The fraction of sp³-hybridized carbons (Fsp3) is 0.655. The number of rotatable bonds is 8. The lowest BCUT2D eigenvalue weighted by molar-refractivity contribution is -0.170. The molecule has 0 radical (unpaired) electrons. The molecular formula is C29H43NO10. The van der Waals surface area contributed by atoms with Crippen LogP contribution < -0.4 is 0 Å². The average molecular weight is 566 g/mol. The zero-order valence-corrected chi connectivity index (χ0v) is 23.6. The van der Waals surface area contributed by atoms with E-state index in [2.05, 4.69) is 0 Å². The summed E-state index contributed by atoms with van der Waals surface area (Å²) in [7, 11) is 1.34. The van der Waals surface area contributed by atoms with Gasteiger partial charge in [-0.25, -0.2) is 4.79 Å². The summed E-state index contributed by atoms with van der Waals surface area (Å²) in [5.41, 5.74) is 1.34. The molecule has 11 nitrogen and oxygen atoms in total. The first-order valence-corrected chi connectivity index (χ1v) is 14.0. The van der Waals surface area contributed by atoms with Gasteiger partial charge in [0.2, 0.25) is 6.29 Å². The smallest absolute Gasteiger partial charge is 0.337 e. The molecule has 0 bridgehead atoms. The zero-order valence-electron chi connectivity index (χ0n) is 23.6. The maximum atomic E-state index is 13.8. The van der Waals surface area contributed by atoms with Gasteiger partial charge < -0.3 is 43.2 Å². The van der Waals surface area contributed by atoms with E-state index in [1.807, 2.05) is 25.1 Å². The molecule has 0 unspecified atom stereocenters. The largest absolute Gasteiger partial charge is 0.465 e. The Bertz CT molecular complexity index is 906. The second-order valence-corrected chi connectivity index (χ2v) is 9.38. The van der Waals surface area contributed by atoms with Gasteiger partial charge in [0.25, 0.3) is 5.91 Å². The van der Waals surface area contributed by atoms with Crippen molar-refractivity contribution in [1.82, 2.24) is 4.90 Å². The summed E-state index contributed by atoms with van der Waals surface area (Å²) < 4.78 is 39.3. The minimum atomic E-state index is -0.684. The van der Waals surface area contributed by atoms with Crippen LogP contribution in [-0.4, -0.2) is 114 Å². The number of allylic oxidation sites excluding steroid dienone is 1. The van der Waals surface area contributed by atoms with Gasteiger partial charge >= 0.3 is 5.97 Å². The number of amides is 1. The number of hydrogen-bond acceptors (Lipinski definition) is 10. The predicted molar refractivity (Wildman–Crippen MR) is 145 cm³/mol. The third-order valence-electron chi connectivity index (χ3n) is 6.75. The van der Waals surface area contributed by atoms with Crippen molar-refractivity contribution < 1.29 is 47.9 Å². The normalized spacial score (nSPS) is 23.7. The molecule has 1 N–H and O–H groups in total. The Balaban J connectivity index is 1.85.